The summed E-state index contributed by atoms with van der Waals surface area (Å²) in [6.07, 6.45) is 2.75. The smallest absolute Gasteiger partial charge is 0.0506 e. The van der Waals surface area contributed by atoms with Crippen molar-refractivity contribution in [1.82, 2.24) is 4.98 Å². The fourth-order valence-corrected chi connectivity index (χ4v) is 1.81. The standard InChI is InChI=1S/C10H14N2O/c11-6-10(7-13)5-8(10)9-3-1-2-4-12-9/h1-4,8,13H,5-7,11H2. The lowest BCUT2D eigenvalue weighted by Gasteiger charge is -2.09. The molecule has 13 heavy (non-hydrogen) atoms. The lowest BCUT2D eigenvalue weighted by molar-refractivity contribution is 0.211. The zero-order valence-electron chi connectivity index (χ0n) is 7.48. The van der Waals surface area contributed by atoms with E-state index in [-0.39, 0.29) is 12.0 Å². The van der Waals surface area contributed by atoms with Gasteiger partial charge in [-0.05, 0) is 18.6 Å². The van der Waals surface area contributed by atoms with E-state index in [1.165, 1.54) is 0 Å². The van der Waals surface area contributed by atoms with Crippen LogP contribution in [0.4, 0.5) is 0 Å². The van der Waals surface area contributed by atoms with Crippen molar-refractivity contribution in [3.05, 3.63) is 30.1 Å². The van der Waals surface area contributed by atoms with Crippen LogP contribution >= 0.6 is 0 Å². The van der Waals surface area contributed by atoms with Gasteiger partial charge in [-0.1, -0.05) is 6.07 Å². The van der Waals surface area contributed by atoms with Crippen molar-refractivity contribution in [3.63, 3.8) is 0 Å². The summed E-state index contributed by atoms with van der Waals surface area (Å²) < 4.78 is 0. The molecule has 2 atom stereocenters. The number of hydrogen-bond donors (Lipinski definition) is 2. The van der Waals surface area contributed by atoms with Gasteiger partial charge in [0.2, 0.25) is 0 Å². The van der Waals surface area contributed by atoms with Crippen LogP contribution in [0, 0.1) is 5.41 Å². The Labute approximate surface area is 77.6 Å². The summed E-state index contributed by atoms with van der Waals surface area (Å²) in [5.41, 5.74) is 6.60. The number of aliphatic hydroxyl groups is 1. The predicted octanol–water partition coefficient (Wildman–Crippen LogP) is 0.506. The number of rotatable bonds is 3. The Bertz CT molecular complexity index is 282. The van der Waals surface area contributed by atoms with Crippen molar-refractivity contribution in [2.24, 2.45) is 11.1 Å². The van der Waals surface area contributed by atoms with E-state index >= 15 is 0 Å². The molecule has 70 valence electrons. The number of hydrogen-bond acceptors (Lipinski definition) is 3. The van der Waals surface area contributed by atoms with Crippen molar-refractivity contribution in [3.8, 4) is 0 Å². The average molecular weight is 178 g/mol. The van der Waals surface area contributed by atoms with E-state index in [4.69, 9.17) is 5.73 Å². The molecule has 0 aromatic carbocycles. The highest BCUT2D eigenvalue weighted by atomic mass is 16.3. The van der Waals surface area contributed by atoms with Gasteiger partial charge in [0.15, 0.2) is 0 Å². The molecule has 2 unspecified atom stereocenters. The molecule has 3 heteroatoms. The molecule has 0 radical (unpaired) electrons. The number of pyridine rings is 1. The van der Waals surface area contributed by atoms with Gasteiger partial charge in [0, 0.05) is 29.8 Å². The van der Waals surface area contributed by atoms with E-state index in [1.807, 2.05) is 18.2 Å². The zero-order chi connectivity index (χ0) is 9.31. The molecule has 1 aromatic rings. The summed E-state index contributed by atoms with van der Waals surface area (Å²) in [5.74, 6) is 0.365. The first-order valence-electron chi connectivity index (χ1n) is 4.54. The number of aliphatic hydroxyl groups excluding tert-OH is 1. The monoisotopic (exact) mass is 178 g/mol. The van der Waals surface area contributed by atoms with E-state index < -0.39 is 0 Å². The molecule has 1 aromatic heterocycles. The molecule has 1 saturated carbocycles. The third kappa shape index (κ3) is 1.34. The van der Waals surface area contributed by atoms with Gasteiger partial charge < -0.3 is 10.8 Å². The Hall–Kier alpha value is -0.930. The summed E-state index contributed by atoms with van der Waals surface area (Å²) in [7, 11) is 0. The fraction of sp³-hybridized carbons (Fsp3) is 0.500. The van der Waals surface area contributed by atoms with Gasteiger partial charge >= 0.3 is 0 Å². The molecule has 3 nitrogen and oxygen atoms in total. The highest BCUT2D eigenvalue weighted by Crippen LogP contribution is 2.57. The number of nitrogens with two attached hydrogens (primary N) is 1. The third-order valence-electron chi connectivity index (χ3n) is 2.96. The van der Waals surface area contributed by atoms with Crippen molar-refractivity contribution >= 4 is 0 Å². The Morgan fingerprint density at radius 2 is 2.46 bits per heavy atom. The highest BCUT2D eigenvalue weighted by molar-refractivity contribution is 5.24. The van der Waals surface area contributed by atoms with Crippen molar-refractivity contribution in [1.29, 1.82) is 0 Å². The largest absolute Gasteiger partial charge is 0.396 e. The maximum absolute atomic E-state index is 9.18. The first-order valence-corrected chi connectivity index (χ1v) is 4.54. The van der Waals surface area contributed by atoms with E-state index in [9.17, 15) is 5.11 Å². The molecule has 0 aliphatic heterocycles. The molecule has 0 saturated heterocycles. The van der Waals surface area contributed by atoms with Crippen LogP contribution in [0.1, 0.15) is 18.0 Å². The van der Waals surface area contributed by atoms with Crippen LogP contribution in [0.2, 0.25) is 0 Å². The molecule has 1 fully saturated rings. The second-order valence-corrected chi connectivity index (χ2v) is 3.74. The average Bonchev–Trinajstić information content (AvgIpc) is 2.95. The molecule has 3 N–H and O–H groups in total. The van der Waals surface area contributed by atoms with Gasteiger partial charge in [0.1, 0.15) is 0 Å². The van der Waals surface area contributed by atoms with Crippen molar-refractivity contribution in [2.75, 3.05) is 13.2 Å². The summed E-state index contributed by atoms with van der Waals surface area (Å²) in [4.78, 5) is 4.27. The molecular formula is C10H14N2O. The fourth-order valence-electron chi connectivity index (χ4n) is 1.81. The topological polar surface area (TPSA) is 59.1 Å². The second-order valence-electron chi connectivity index (χ2n) is 3.74. The maximum Gasteiger partial charge on any atom is 0.0506 e. The SMILES string of the molecule is NCC1(CO)CC1c1ccccn1. The van der Waals surface area contributed by atoms with E-state index in [0.29, 0.717) is 12.5 Å². The quantitative estimate of drug-likeness (QED) is 0.708. The van der Waals surface area contributed by atoms with Gasteiger partial charge in [0.25, 0.3) is 0 Å². The second kappa shape index (κ2) is 3.09. The van der Waals surface area contributed by atoms with E-state index in [0.717, 1.165) is 12.1 Å². The molecule has 1 heterocycles. The van der Waals surface area contributed by atoms with Crippen molar-refractivity contribution in [2.45, 2.75) is 12.3 Å². The Morgan fingerprint density at radius 1 is 1.62 bits per heavy atom. The van der Waals surface area contributed by atoms with Crippen LogP contribution in [0.15, 0.2) is 24.4 Å². The lowest BCUT2D eigenvalue weighted by atomic mass is 10.0. The van der Waals surface area contributed by atoms with Gasteiger partial charge in [-0.15, -0.1) is 0 Å². The minimum atomic E-state index is -0.0750. The number of aromatic nitrogens is 1. The first-order chi connectivity index (χ1) is 6.32. The third-order valence-corrected chi connectivity index (χ3v) is 2.96. The molecule has 2 rings (SSSR count). The van der Waals surface area contributed by atoms with Gasteiger partial charge in [-0.2, -0.15) is 0 Å². The maximum atomic E-state index is 9.18. The molecule has 1 aliphatic carbocycles. The number of nitrogens with zero attached hydrogens (tertiary/aromatic N) is 1. The van der Waals surface area contributed by atoms with Crippen LogP contribution in [-0.4, -0.2) is 23.2 Å². The Morgan fingerprint density at radius 3 is 2.92 bits per heavy atom. The molecule has 0 spiro atoms. The van der Waals surface area contributed by atoms with E-state index in [2.05, 4.69) is 4.98 Å². The van der Waals surface area contributed by atoms with Crippen LogP contribution in [0.25, 0.3) is 0 Å². The van der Waals surface area contributed by atoms with Gasteiger partial charge in [-0.25, -0.2) is 0 Å². The first kappa shape index (κ1) is 8.66. The summed E-state index contributed by atoms with van der Waals surface area (Å²) >= 11 is 0. The minimum Gasteiger partial charge on any atom is -0.396 e. The van der Waals surface area contributed by atoms with Gasteiger partial charge in [0.05, 0.1) is 6.61 Å². The normalized spacial score (nSPS) is 31.7. The van der Waals surface area contributed by atoms with Crippen LogP contribution in [0.5, 0.6) is 0 Å². The summed E-state index contributed by atoms with van der Waals surface area (Å²) in [6, 6.07) is 5.87. The molecule has 0 amide bonds. The Kier molecular flexibility index (Phi) is 2.06. The molecule has 0 bridgehead atoms. The van der Waals surface area contributed by atoms with Gasteiger partial charge in [-0.3, -0.25) is 4.98 Å². The predicted molar refractivity (Wildman–Crippen MR) is 50.2 cm³/mol. The lowest BCUT2D eigenvalue weighted by Crippen LogP contribution is -2.21. The van der Waals surface area contributed by atoms with Crippen LogP contribution in [0.3, 0.4) is 0 Å². The minimum absolute atomic E-state index is 0.0750. The molecule has 1 aliphatic rings. The van der Waals surface area contributed by atoms with Crippen LogP contribution < -0.4 is 5.73 Å². The zero-order valence-corrected chi connectivity index (χ0v) is 7.48. The van der Waals surface area contributed by atoms with Crippen LogP contribution in [-0.2, 0) is 0 Å². The Balaban J connectivity index is 2.15. The summed E-state index contributed by atoms with van der Waals surface area (Å²) in [6.45, 7) is 0.718. The summed E-state index contributed by atoms with van der Waals surface area (Å²) in [5, 5.41) is 9.18. The van der Waals surface area contributed by atoms with Crippen molar-refractivity contribution < 1.29 is 5.11 Å². The van der Waals surface area contributed by atoms with E-state index in [1.54, 1.807) is 6.20 Å². The highest BCUT2D eigenvalue weighted by Gasteiger charge is 2.54. The molecular weight excluding hydrogens is 164 g/mol.